The number of carbonyl (C=O) groups is 1. The first-order valence-electron chi connectivity index (χ1n) is 7.48. The van der Waals surface area contributed by atoms with Gasteiger partial charge in [0.1, 0.15) is 6.04 Å². The van der Waals surface area contributed by atoms with E-state index in [1.807, 2.05) is 26.0 Å². The largest absolute Gasteiger partial charge is 0.377 e. The lowest BCUT2D eigenvalue weighted by atomic mass is 10.0. The number of morpholine rings is 1. The number of para-hydroxylation sites is 1. The topological polar surface area (TPSA) is 67.6 Å². The van der Waals surface area contributed by atoms with Crippen LogP contribution in [0, 0.1) is 6.92 Å². The van der Waals surface area contributed by atoms with Crippen molar-refractivity contribution in [2.45, 2.75) is 39.4 Å². The SMILES string of the molecule is Cc1cccc(CN)c1N1CCOCC1C(=O)NC(C)C. The molecule has 5 heteroatoms. The molecule has 0 aliphatic carbocycles. The van der Waals surface area contributed by atoms with Crippen LogP contribution in [0.2, 0.25) is 0 Å². The molecule has 1 atom stereocenters. The van der Waals surface area contributed by atoms with Crippen molar-refractivity contribution in [2.75, 3.05) is 24.7 Å². The summed E-state index contributed by atoms with van der Waals surface area (Å²) in [5, 5.41) is 2.98. The molecule has 21 heavy (non-hydrogen) atoms. The highest BCUT2D eigenvalue weighted by molar-refractivity contribution is 5.86. The van der Waals surface area contributed by atoms with Crippen molar-refractivity contribution in [1.29, 1.82) is 0 Å². The molecule has 0 spiro atoms. The van der Waals surface area contributed by atoms with Gasteiger partial charge in [0.15, 0.2) is 0 Å². The Morgan fingerprint density at radius 1 is 1.52 bits per heavy atom. The van der Waals surface area contributed by atoms with E-state index in [2.05, 4.69) is 23.2 Å². The summed E-state index contributed by atoms with van der Waals surface area (Å²) in [6.45, 7) is 8.19. The summed E-state index contributed by atoms with van der Waals surface area (Å²) < 4.78 is 5.52. The molecule has 0 bridgehead atoms. The molecular weight excluding hydrogens is 266 g/mol. The molecule has 1 aliphatic heterocycles. The second-order valence-electron chi connectivity index (χ2n) is 5.73. The van der Waals surface area contributed by atoms with Gasteiger partial charge in [-0.2, -0.15) is 0 Å². The van der Waals surface area contributed by atoms with Crippen LogP contribution in [0.1, 0.15) is 25.0 Å². The lowest BCUT2D eigenvalue weighted by molar-refractivity contribution is -0.125. The van der Waals surface area contributed by atoms with Gasteiger partial charge in [0.05, 0.1) is 13.2 Å². The first-order valence-corrected chi connectivity index (χ1v) is 7.48. The molecule has 2 rings (SSSR count). The van der Waals surface area contributed by atoms with E-state index in [-0.39, 0.29) is 18.0 Å². The smallest absolute Gasteiger partial charge is 0.245 e. The summed E-state index contributed by atoms with van der Waals surface area (Å²) in [5.74, 6) is 0.0101. The quantitative estimate of drug-likeness (QED) is 0.874. The van der Waals surface area contributed by atoms with E-state index >= 15 is 0 Å². The minimum atomic E-state index is -0.299. The molecule has 0 radical (unpaired) electrons. The zero-order valence-corrected chi connectivity index (χ0v) is 13.1. The molecule has 0 aromatic heterocycles. The lowest BCUT2D eigenvalue weighted by Crippen LogP contribution is -2.55. The van der Waals surface area contributed by atoms with E-state index in [9.17, 15) is 4.79 Å². The average Bonchev–Trinajstić information content (AvgIpc) is 2.46. The number of amides is 1. The van der Waals surface area contributed by atoms with Gasteiger partial charge in [0.2, 0.25) is 5.91 Å². The van der Waals surface area contributed by atoms with E-state index in [1.165, 1.54) is 0 Å². The van der Waals surface area contributed by atoms with Crippen LogP contribution >= 0.6 is 0 Å². The Hall–Kier alpha value is -1.59. The average molecular weight is 291 g/mol. The lowest BCUT2D eigenvalue weighted by Gasteiger charge is -2.38. The number of rotatable bonds is 4. The Morgan fingerprint density at radius 2 is 2.29 bits per heavy atom. The molecule has 1 aromatic rings. The molecule has 5 nitrogen and oxygen atoms in total. The second-order valence-corrected chi connectivity index (χ2v) is 5.73. The first-order chi connectivity index (χ1) is 10.0. The standard InChI is InChI=1S/C16H25N3O2/c1-11(2)18-16(20)14-10-21-8-7-19(14)15-12(3)5-4-6-13(15)9-17/h4-6,11,14H,7-10,17H2,1-3H3,(H,18,20). The maximum atomic E-state index is 12.4. The van der Waals surface area contributed by atoms with Crippen LogP contribution in [0.3, 0.4) is 0 Å². The molecule has 3 N–H and O–H groups in total. The summed E-state index contributed by atoms with van der Waals surface area (Å²) in [6.07, 6.45) is 0. The number of anilines is 1. The highest BCUT2D eigenvalue weighted by Crippen LogP contribution is 2.28. The van der Waals surface area contributed by atoms with Gasteiger partial charge in [-0.3, -0.25) is 4.79 Å². The van der Waals surface area contributed by atoms with E-state index < -0.39 is 0 Å². The van der Waals surface area contributed by atoms with Crippen LogP contribution in [-0.2, 0) is 16.1 Å². The highest BCUT2D eigenvalue weighted by Gasteiger charge is 2.31. The van der Waals surface area contributed by atoms with Crippen LogP contribution in [0.4, 0.5) is 5.69 Å². The van der Waals surface area contributed by atoms with Crippen LogP contribution in [0.5, 0.6) is 0 Å². The van der Waals surface area contributed by atoms with Gasteiger partial charge in [-0.1, -0.05) is 18.2 Å². The Bertz CT molecular complexity index is 502. The van der Waals surface area contributed by atoms with Gasteiger partial charge in [0, 0.05) is 24.8 Å². The van der Waals surface area contributed by atoms with Crippen molar-refractivity contribution in [3.63, 3.8) is 0 Å². The number of hydrogen-bond acceptors (Lipinski definition) is 4. The zero-order valence-electron chi connectivity index (χ0n) is 13.1. The molecule has 1 saturated heterocycles. The van der Waals surface area contributed by atoms with E-state index in [1.54, 1.807) is 0 Å². The summed E-state index contributed by atoms with van der Waals surface area (Å²) in [6, 6.07) is 5.90. The summed E-state index contributed by atoms with van der Waals surface area (Å²) in [4.78, 5) is 14.6. The number of nitrogens with zero attached hydrogens (tertiary/aromatic N) is 1. The molecule has 1 amide bonds. The van der Waals surface area contributed by atoms with Gasteiger partial charge in [-0.25, -0.2) is 0 Å². The third-order valence-electron chi connectivity index (χ3n) is 3.69. The number of benzene rings is 1. The second kappa shape index (κ2) is 6.91. The fourth-order valence-electron chi connectivity index (χ4n) is 2.76. The molecule has 116 valence electrons. The van der Waals surface area contributed by atoms with E-state index in [0.717, 1.165) is 16.8 Å². The van der Waals surface area contributed by atoms with Crippen molar-refractivity contribution in [2.24, 2.45) is 5.73 Å². The van der Waals surface area contributed by atoms with Crippen molar-refractivity contribution < 1.29 is 9.53 Å². The highest BCUT2D eigenvalue weighted by atomic mass is 16.5. The van der Waals surface area contributed by atoms with E-state index in [0.29, 0.717) is 26.3 Å². The third kappa shape index (κ3) is 3.54. The molecule has 1 unspecified atom stereocenters. The predicted octanol–water partition coefficient (Wildman–Crippen LogP) is 1.18. The van der Waals surface area contributed by atoms with Gasteiger partial charge < -0.3 is 20.7 Å². The minimum absolute atomic E-state index is 0.0101. The Morgan fingerprint density at radius 3 is 2.95 bits per heavy atom. The normalized spacial score (nSPS) is 18.9. The van der Waals surface area contributed by atoms with Crippen LogP contribution in [0.25, 0.3) is 0 Å². The van der Waals surface area contributed by atoms with Crippen LogP contribution < -0.4 is 16.0 Å². The summed E-state index contributed by atoms with van der Waals surface area (Å²) in [7, 11) is 0. The van der Waals surface area contributed by atoms with Gasteiger partial charge in [0.25, 0.3) is 0 Å². The number of nitrogens with two attached hydrogens (primary N) is 1. The van der Waals surface area contributed by atoms with Crippen LogP contribution in [-0.4, -0.2) is 37.7 Å². The molecule has 1 aliphatic rings. The molecular formula is C16H25N3O2. The van der Waals surface area contributed by atoms with Crippen molar-refractivity contribution in [1.82, 2.24) is 5.32 Å². The Balaban J connectivity index is 2.33. The van der Waals surface area contributed by atoms with Crippen molar-refractivity contribution in [3.05, 3.63) is 29.3 Å². The number of ether oxygens (including phenoxy) is 1. The van der Waals surface area contributed by atoms with Crippen molar-refractivity contribution in [3.8, 4) is 0 Å². The number of nitrogens with one attached hydrogen (secondary N) is 1. The Labute approximate surface area is 126 Å². The molecule has 1 fully saturated rings. The minimum Gasteiger partial charge on any atom is -0.377 e. The van der Waals surface area contributed by atoms with Crippen molar-refractivity contribution >= 4 is 11.6 Å². The number of carbonyl (C=O) groups excluding carboxylic acids is 1. The molecule has 0 saturated carbocycles. The predicted molar refractivity (Wildman–Crippen MR) is 84.3 cm³/mol. The Kier molecular flexibility index (Phi) is 5.20. The maximum Gasteiger partial charge on any atom is 0.245 e. The van der Waals surface area contributed by atoms with E-state index in [4.69, 9.17) is 10.5 Å². The molecule has 1 aromatic carbocycles. The zero-order chi connectivity index (χ0) is 15.4. The van der Waals surface area contributed by atoms with Crippen LogP contribution in [0.15, 0.2) is 18.2 Å². The fraction of sp³-hybridized carbons (Fsp3) is 0.562. The first kappa shape index (κ1) is 15.8. The van der Waals surface area contributed by atoms with Gasteiger partial charge >= 0.3 is 0 Å². The van der Waals surface area contributed by atoms with Gasteiger partial charge in [-0.15, -0.1) is 0 Å². The summed E-state index contributed by atoms with van der Waals surface area (Å²) in [5.41, 5.74) is 9.16. The maximum absolute atomic E-state index is 12.4. The fourth-order valence-corrected chi connectivity index (χ4v) is 2.76. The summed E-state index contributed by atoms with van der Waals surface area (Å²) >= 11 is 0. The third-order valence-corrected chi connectivity index (χ3v) is 3.69. The molecule has 1 heterocycles. The monoisotopic (exact) mass is 291 g/mol. The van der Waals surface area contributed by atoms with Gasteiger partial charge in [-0.05, 0) is 31.9 Å². The number of aryl methyl sites for hydroxylation is 1. The number of hydrogen-bond donors (Lipinski definition) is 2.